The zero-order valence-corrected chi connectivity index (χ0v) is 45.1. The summed E-state index contributed by atoms with van der Waals surface area (Å²) in [5.41, 5.74) is 35.1. The number of nitrogens with zero attached hydrogens (tertiary/aromatic N) is 2. The van der Waals surface area contributed by atoms with Gasteiger partial charge in [-0.15, -0.1) is 0 Å². The Labute approximate surface area is 434 Å². The van der Waals surface area contributed by atoms with Gasteiger partial charge in [0.15, 0.2) is 0 Å². The van der Waals surface area contributed by atoms with Gasteiger partial charge in [-0.05, 0) is 61.1 Å². The molecule has 6 aromatic carbocycles. The molecule has 0 spiro atoms. The van der Waals surface area contributed by atoms with Crippen molar-refractivity contribution in [3.8, 4) is 0 Å². The maximum Gasteiger partial charge on any atom is 0.0728 e. The number of hydrogen-bond donors (Lipinski definition) is 6. The molecule has 8 heteroatoms. The van der Waals surface area contributed by atoms with Crippen molar-refractivity contribution in [2.45, 2.75) is 206 Å². The summed E-state index contributed by atoms with van der Waals surface area (Å²) >= 11 is 0. The first kappa shape index (κ1) is 54.8. The predicted molar refractivity (Wildman–Crippen MR) is 316 cm³/mol. The van der Waals surface area contributed by atoms with Gasteiger partial charge < -0.3 is 42.9 Å². The van der Waals surface area contributed by atoms with Crippen LogP contribution in [0.3, 0.4) is 0 Å². The lowest BCUT2D eigenvalue weighted by Gasteiger charge is -2.49. The van der Waals surface area contributed by atoms with Crippen LogP contribution < -0.4 is 32.7 Å². The molecule has 10 N–H and O–H groups in total. The molecule has 6 aromatic rings. The molecule has 1 fully saturated rings. The van der Waals surface area contributed by atoms with Crippen LogP contribution in [0.4, 0.5) is 34.1 Å². The van der Waals surface area contributed by atoms with Crippen LogP contribution in [0.2, 0.25) is 0 Å². The number of nitrogen functional groups attached to an aromatic ring is 4. The van der Waals surface area contributed by atoms with E-state index in [0.29, 0.717) is 22.7 Å². The zero-order valence-electron chi connectivity index (χ0n) is 45.1. The van der Waals surface area contributed by atoms with Crippen molar-refractivity contribution in [1.82, 2.24) is 0 Å². The summed E-state index contributed by atoms with van der Waals surface area (Å²) in [5, 5.41) is 33.8. The molecule has 0 bridgehead atoms. The van der Waals surface area contributed by atoms with Gasteiger partial charge in [-0.2, -0.15) is 0 Å². The van der Waals surface area contributed by atoms with Gasteiger partial charge in [-0.25, -0.2) is 0 Å². The molecule has 0 unspecified atom stereocenters. The summed E-state index contributed by atoms with van der Waals surface area (Å²) in [5.74, 6) is -1.35. The number of nitrogens with two attached hydrogens (primary N) is 4. The Morgan fingerprint density at radius 2 is 0.556 bits per heavy atom. The molecule has 72 heavy (non-hydrogen) atoms. The zero-order chi connectivity index (χ0) is 51.0. The van der Waals surface area contributed by atoms with Crippen molar-refractivity contribution >= 4 is 77.2 Å². The molecule has 1 saturated carbocycles. The number of hydrogen-bond acceptors (Lipinski definition) is 8. The van der Waals surface area contributed by atoms with Crippen molar-refractivity contribution in [1.29, 1.82) is 0 Å². The number of benzene rings is 6. The van der Waals surface area contributed by atoms with E-state index in [1.807, 2.05) is 24.3 Å². The first-order valence-electron chi connectivity index (χ1n) is 29.1. The Kier molecular flexibility index (Phi) is 20.9. The standard InChI is InChI=1S/C64H94N6O2/c1-5-9-13-17-21-25-41-69(42-26-22-18-14-10-6-2)61-45-33-29-37-49(65)53(45)57(54-46(61)34-30-38-50(54)66)59-63(71)60(64(59)72)58-55-47(35-31-39-51(55)67)62(48-36-32-40-52(68)56(48)58)70(43-27-23-19-15-11-7-3)44-28-24-20-16-12-8-4/h29-40,59-60,63-64,71-72H,5-28,41-44,65-68H2,1-4H3. The van der Waals surface area contributed by atoms with Gasteiger partial charge in [0, 0.05) is 104 Å². The minimum absolute atomic E-state index is 0.625. The average molecular weight is 979 g/mol. The van der Waals surface area contributed by atoms with Crippen molar-refractivity contribution < 1.29 is 10.2 Å². The third-order valence-corrected chi connectivity index (χ3v) is 16.4. The van der Waals surface area contributed by atoms with E-state index in [9.17, 15) is 10.2 Å². The number of rotatable bonds is 32. The average Bonchev–Trinajstić information content (AvgIpc) is 3.37. The van der Waals surface area contributed by atoms with Crippen molar-refractivity contribution in [3.63, 3.8) is 0 Å². The summed E-state index contributed by atoms with van der Waals surface area (Å²) in [7, 11) is 0. The van der Waals surface area contributed by atoms with E-state index in [1.165, 1.54) is 128 Å². The minimum atomic E-state index is -0.988. The van der Waals surface area contributed by atoms with Crippen LogP contribution in [0.25, 0.3) is 43.1 Å². The highest BCUT2D eigenvalue weighted by Gasteiger charge is 2.53. The SMILES string of the molecule is CCCCCCCCN(CCCCCCCC)c1c2cccc(N)c2c(C2C(O)C(c3c4c(N)cccc4c(N(CCCCCCCC)CCCCCCCC)c4cccc(N)c34)C2O)c2c(N)cccc12. The van der Waals surface area contributed by atoms with E-state index in [1.54, 1.807) is 0 Å². The van der Waals surface area contributed by atoms with E-state index in [2.05, 4.69) is 86.0 Å². The summed E-state index contributed by atoms with van der Waals surface area (Å²) in [6.45, 7) is 12.9. The fourth-order valence-corrected chi connectivity index (χ4v) is 12.6. The van der Waals surface area contributed by atoms with Gasteiger partial charge in [0.2, 0.25) is 0 Å². The second-order valence-corrected chi connectivity index (χ2v) is 21.7. The van der Waals surface area contributed by atoms with Gasteiger partial charge in [0.25, 0.3) is 0 Å². The Balaban J connectivity index is 1.33. The van der Waals surface area contributed by atoms with Crippen LogP contribution in [-0.2, 0) is 0 Å². The highest BCUT2D eigenvalue weighted by Crippen LogP contribution is 2.58. The first-order valence-corrected chi connectivity index (χ1v) is 29.1. The molecular weight excluding hydrogens is 885 g/mol. The van der Waals surface area contributed by atoms with Crippen LogP contribution >= 0.6 is 0 Å². The Morgan fingerprint density at radius 3 is 0.792 bits per heavy atom. The lowest BCUT2D eigenvalue weighted by molar-refractivity contribution is -0.0765. The fourth-order valence-electron chi connectivity index (χ4n) is 12.6. The normalized spacial score (nSPS) is 16.9. The molecule has 0 aromatic heterocycles. The summed E-state index contributed by atoms with van der Waals surface area (Å²) in [6, 6.07) is 24.9. The molecular formula is C64H94N6O2. The van der Waals surface area contributed by atoms with Gasteiger partial charge in [0.1, 0.15) is 0 Å². The first-order chi connectivity index (χ1) is 35.2. The number of fused-ring (bicyclic) bond motifs is 4. The van der Waals surface area contributed by atoms with E-state index >= 15 is 0 Å². The molecule has 0 aliphatic heterocycles. The smallest absolute Gasteiger partial charge is 0.0728 e. The molecule has 0 atom stereocenters. The van der Waals surface area contributed by atoms with Crippen LogP contribution in [0.15, 0.2) is 72.8 Å². The van der Waals surface area contributed by atoms with E-state index in [0.717, 1.165) is 117 Å². The quantitative estimate of drug-likeness (QED) is 0.0139. The molecule has 0 heterocycles. The Hall–Kier alpha value is -4.92. The Bertz CT molecular complexity index is 2300. The van der Waals surface area contributed by atoms with Crippen LogP contribution in [-0.4, -0.2) is 48.6 Å². The van der Waals surface area contributed by atoms with Crippen LogP contribution in [0.1, 0.15) is 205 Å². The fraction of sp³-hybridized carbons (Fsp3) is 0.562. The minimum Gasteiger partial charge on any atom is -0.398 e. The lowest BCUT2D eigenvalue weighted by Crippen LogP contribution is -2.52. The molecule has 0 radical (unpaired) electrons. The van der Waals surface area contributed by atoms with E-state index in [-0.39, 0.29) is 0 Å². The van der Waals surface area contributed by atoms with E-state index in [4.69, 9.17) is 22.9 Å². The number of aliphatic hydroxyl groups is 2. The number of unbranched alkanes of at least 4 members (excludes halogenated alkanes) is 20. The molecule has 8 nitrogen and oxygen atoms in total. The molecule has 0 saturated heterocycles. The van der Waals surface area contributed by atoms with Crippen LogP contribution in [0, 0.1) is 0 Å². The summed E-state index contributed by atoms with van der Waals surface area (Å²) in [4.78, 5) is 5.22. The number of aliphatic hydroxyl groups excluding tert-OH is 2. The molecule has 0 amide bonds. The molecule has 7 rings (SSSR count). The van der Waals surface area contributed by atoms with Crippen molar-refractivity contribution in [2.75, 3.05) is 58.9 Å². The van der Waals surface area contributed by atoms with Crippen LogP contribution in [0.5, 0.6) is 0 Å². The lowest BCUT2D eigenvalue weighted by atomic mass is 9.60. The van der Waals surface area contributed by atoms with Gasteiger partial charge >= 0.3 is 0 Å². The topological polar surface area (TPSA) is 151 Å². The Morgan fingerprint density at radius 1 is 0.333 bits per heavy atom. The maximum absolute atomic E-state index is 13.1. The van der Waals surface area contributed by atoms with Gasteiger partial charge in [0.05, 0.1) is 23.6 Å². The van der Waals surface area contributed by atoms with E-state index < -0.39 is 24.0 Å². The second kappa shape index (κ2) is 27.4. The number of anilines is 6. The van der Waals surface area contributed by atoms with Gasteiger partial charge in [-0.3, -0.25) is 0 Å². The summed E-state index contributed by atoms with van der Waals surface area (Å²) in [6.07, 6.45) is 27.4. The molecule has 1 aliphatic rings. The summed E-state index contributed by atoms with van der Waals surface area (Å²) < 4.78 is 0. The third-order valence-electron chi connectivity index (χ3n) is 16.4. The highest BCUT2D eigenvalue weighted by atomic mass is 16.3. The largest absolute Gasteiger partial charge is 0.398 e. The maximum atomic E-state index is 13.1. The second-order valence-electron chi connectivity index (χ2n) is 21.7. The molecule has 392 valence electrons. The van der Waals surface area contributed by atoms with Crippen molar-refractivity contribution in [3.05, 3.63) is 83.9 Å². The third kappa shape index (κ3) is 12.4. The van der Waals surface area contributed by atoms with Gasteiger partial charge in [-0.1, -0.05) is 205 Å². The molecule has 1 aliphatic carbocycles. The van der Waals surface area contributed by atoms with Crippen molar-refractivity contribution in [2.24, 2.45) is 0 Å². The predicted octanol–water partition coefficient (Wildman–Crippen LogP) is 16.3. The monoisotopic (exact) mass is 979 g/mol. The highest BCUT2D eigenvalue weighted by molar-refractivity contribution is 6.22.